The minimum absolute atomic E-state index is 0.0100. The summed E-state index contributed by atoms with van der Waals surface area (Å²) < 4.78 is 20.3. The number of anilines is 2. The molecule has 4 N–H and O–H groups in total. The van der Waals surface area contributed by atoms with Gasteiger partial charge in [0.2, 0.25) is 0 Å². The minimum atomic E-state index is -1.97. The first-order valence-corrected chi connectivity index (χ1v) is 8.70. The van der Waals surface area contributed by atoms with Crippen LogP contribution in [0.3, 0.4) is 0 Å². The summed E-state index contributed by atoms with van der Waals surface area (Å²) in [5.41, 5.74) is 9.10. The Kier molecular flexibility index (Phi) is 4.73. The van der Waals surface area contributed by atoms with Gasteiger partial charge in [0.25, 0.3) is 5.91 Å². The van der Waals surface area contributed by atoms with Crippen LogP contribution in [0.1, 0.15) is 21.5 Å². The van der Waals surface area contributed by atoms with Gasteiger partial charge in [-0.1, -0.05) is 6.07 Å². The maximum atomic E-state index is 11.8. The highest BCUT2D eigenvalue weighted by molar-refractivity contribution is 7.78. The number of fused-ring (bicyclic) bond motifs is 1. The number of nitrogens with zero attached hydrogens (tertiary/aromatic N) is 2. The number of pyridine rings is 2. The van der Waals surface area contributed by atoms with Gasteiger partial charge in [0.1, 0.15) is 0 Å². The molecule has 0 aliphatic rings. The van der Waals surface area contributed by atoms with Gasteiger partial charge in [0.15, 0.2) is 11.1 Å². The first kappa shape index (κ1) is 17.0. The lowest BCUT2D eigenvalue weighted by atomic mass is 10.0. The van der Waals surface area contributed by atoms with Gasteiger partial charge >= 0.3 is 0 Å². The number of nitrogens with two attached hydrogens (primary N) is 1. The van der Waals surface area contributed by atoms with Crippen LogP contribution in [-0.4, -0.2) is 24.6 Å². The lowest BCUT2D eigenvalue weighted by Gasteiger charge is -2.15. The van der Waals surface area contributed by atoms with Crippen molar-refractivity contribution < 1.29 is 13.6 Å². The molecular weight excluding hydrogens is 340 g/mol. The highest BCUT2D eigenvalue weighted by atomic mass is 32.2. The van der Waals surface area contributed by atoms with Crippen LogP contribution in [0.25, 0.3) is 10.9 Å². The van der Waals surface area contributed by atoms with Gasteiger partial charge in [0.05, 0.1) is 34.4 Å². The molecule has 1 unspecified atom stereocenters. The van der Waals surface area contributed by atoms with Crippen LogP contribution >= 0.6 is 0 Å². The van der Waals surface area contributed by atoms with Crippen molar-refractivity contribution in [3.63, 3.8) is 0 Å². The number of hydrogen-bond acceptors (Lipinski definition) is 5. The maximum absolute atomic E-state index is 11.8. The van der Waals surface area contributed by atoms with E-state index in [0.717, 1.165) is 5.56 Å². The Labute approximate surface area is 146 Å². The summed E-state index contributed by atoms with van der Waals surface area (Å²) in [5, 5.41) is 3.82. The molecule has 8 heteroatoms. The second kappa shape index (κ2) is 6.96. The molecule has 0 spiro atoms. The van der Waals surface area contributed by atoms with E-state index in [4.69, 9.17) is 5.73 Å². The molecule has 0 saturated heterocycles. The maximum Gasteiger partial charge on any atom is 0.252 e. The number of amides is 1. The molecule has 0 fully saturated rings. The van der Waals surface area contributed by atoms with Crippen LogP contribution in [0.15, 0.2) is 42.9 Å². The second-order valence-corrected chi connectivity index (χ2v) is 6.48. The number of aryl methyl sites for hydroxylation is 1. The molecule has 1 aromatic carbocycles. The van der Waals surface area contributed by atoms with Gasteiger partial charge in [-0.25, -0.2) is 4.21 Å². The average Bonchev–Trinajstić information content (AvgIpc) is 2.55. The zero-order chi connectivity index (χ0) is 18.0. The SMILES string of the molecule is Cc1cc(CS(=O)O)cc2c(Nc3cccnc3)c(C(N)=O)cnc12. The smallest absolute Gasteiger partial charge is 0.252 e. The normalized spacial score (nSPS) is 12.1. The molecule has 25 heavy (non-hydrogen) atoms. The molecule has 0 radical (unpaired) electrons. The van der Waals surface area contributed by atoms with Crippen LogP contribution in [-0.2, 0) is 16.8 Å². The van der Waals surface area contributed by atoms with Crippen molar-refractivity contribution >= 4 is 39.3 Å². The molecule has 128 valence electrons. The standard InChI is InChI=1S/C17H16N4O3S/c1-10-5-11(9-25(23)24)6-13-15(10)20-8-14(17(18)22)16(13)21-12-3-2-4-19-7-12/h2-8H,9H2,1H3,(H2,18,22)(H,20,21)(H,23,24). The van der Waals surface area contributed by atoms with Gasteiger partial charge in [0, 0.05) is 17.8 Å². The average molecular weight is 356 g/mol. The first-order valence-electron chi connectivity index (χ1n) is 7.42. The third-order valence-corrected chi connectivity index (χ3v) is 4.29. The zero-order valence-corrected chi connectivity index (χ0v) is 14.2. The van der Waals surface area contributed by atoms with Crippen molar-refractivity contribution in [2.45, 2.75) is 12.7 Å². The molecule has 0 saturated carbocycles. The Morgan fingerprint density at radius 2 is 2.16 bits per heavy atom. The van der Waals surface area contributed by atoms with E-state index in [1.165, 1.54) is 6.20 Å². The van der Waals surface area contributed by atoms with Gasteiger partial charge in [-0.05, 0) is 36.2 Å². The summed E-state index contributed by atoms with van der Waals surface area (Å²) in [6.07, 6.45) is 4.69. The second-order valence-electron chi connectivity index (χ2n) is 5.55. The summed E-state index contributed by atoms with van der Waals surface area (Å²) in [4.78, 5) is 20.2. The van der Waals surface area contributed by atoms with Crippen molar-refractivity contribution in [2.75, 3.05) is 5.32 Å². The minimum Gasteiger partial charge on any atom is -0.365 e. The number of nitrogens with one attached hydrogen (secondary N) is 1. The number of benzene rings is 1. The predicted molar refractivity (Wildman–Crippen MR) is 97.0 cm³/mol. The molecule has 0 bridgehead atoms. The molecule has 0 aliphatic carbocycles. The molecule has 7 nitrogen and oxygen atoms in total. The number of aromatic nitrogens is 2. The molecular formula is C17H16N4O3S. The van der Waals surface area contributed by atoms with Crippen LogP contribution in [0.2, 0.25) is 0 Å². The van der Waals surface area contributed by atoms with E-state index in [9.17, 15) is 13.6 Å². The molecule has 0 aliphatic heterocycles. The fourth-order valence-electron chi connectivity index (χ4n) is 2.68. The van der Waals surface area contributed by atoms with E-state index in [1.807, 2.05) is 13.0 Å². The van der Waals surface area contributed by atoms with Crippen molar-refractivity contribution in [1.82, 2.24) is 9.97 Å². The van der Waals surface area contributed by atoms with Gasteiger partial charge in [-0.15, -0.1) is 0 Å². The summed E-state index contributed by atoms with van der Waals surface area (Å²) >= 11 is -1.97. The fourth-order valence-corrected chi connectivity index (χ4v) is 3.14. The van der Waals surface area contributed by atoms with E-state index in [0.29, 0.717) is 27.8 Å². The fraction of sp³-hybridized carbons (Fsp3) is 0.118. The number of carbonyl (C=O) groups is 1. The Hall–Kier alpha value is -2.84. The van der Waals surface area contributed by atoms with Crippen molar-refractivity contribution in [3.05, 3.63) is 59.5 Å². The Bertz CT molecular complexity index is 977. The van der Waals surface area contributed by atoms with Gasteiger partial charge < -0.3 is 15.6 Å². The molecule has 2 aromatic heterocycles. The topological polar surface area (TPSA) is 118 Å². The third-order valence-electron chi connectivity index (χ3n) is 3.71. The molecule has 1 amide bonds. The first-order chi connectivity index (χ1) is 12.0. The molecule has 2 heterocycles. The zero-order valence-electron chi connectivity index (χ0n) is 13.4. The largest absolute Gasteiger partial charge is 0.365 e. The third kappa shape index (κ3) is 3.65. The summed E-state index contributed by atoms with van der Waals surface area (Å²) in [6.45, 7) is 1.86. The van der Waals surface area contributed by atoms with E-state index in [1.54, 1.807) is 30.6 Å². The molecule has 3 aromatic rings. The quantitative estimate of drug-likeness (QED) is 0.605. The summed E-state index contributed by atoms with van der Waals surface area (Å²) in [7, 11) is 0. The number of carbonyl (C=O) groups excluding carboxylic acids is 1. The highest BCUT2D eigenvalue weighted by Crippen LogP contribution is 2.31. The van der Waals surface area contributed by atoms with E-state index >= 15 is 0 Å². The van der Waals surface area contributed by atoms with Crippen LogP contribution in [0.4, 0.5) is 11.4 Å². The summed E-state index contributed by atoms with van der Waals surface area (Å²) in [5.74, 6) is -0.626. The van der Waals surface area contributed by atoms with E-state index in [-0.39, 0.29) is 11.3 Å². The summed E-state index contributed by atoms with van der Waals surface area (Å²) in [6, 6.07) is 7.13. The Balaban J connectivity index is 2.25. The lowest BCUT2D eigenvalue weighted by Crippen LogP contribution is -2.14. The van der Waals surface area contributed by atoms with Crippen molar-refractivity contribution in [1.29, 1.82) is 0 Å². The van der Waals surface area contributed by atoms with E-state index < -0.39 is 17.0 Å². The number of hydrogen-bond donors (Lipinski definition) is 3. The highest BCUT2D eigenvalue weighted by Gasteiger charge is 2.16. The van der Waals surface area contributed by atoms with Crippen LogP contribution < -0.4 is 11.1 Å². The number of rotatable bonds is 5. The van der Waals surface area contributed by atoms with Crippen molar-refractivity contribution in [3.8, 4) is 0 Å². The Morgan fingerprint density at radius 3 is 2.80 bits per heavy atom. The predicted octanol–water partition coefficient (Wildman–Crippen LogP) is 2.50. The molecule has 3 rings (SSSR count). The van der Waals surface area contributed by atoms with Gasteiger partial charge in [-0.2, -0.15) is 0 Å². The Morgan fingerprint density at radius 1 is 1.36 bits per heavy atom. The van der Waals surface area contributed by atoms with Crippen LogP contribution in [0, 0.1) is 6.92 Å². The van der Waals surface area contributed by atoms with E-state index in [2.05, 4.69) is 15.3 Å². The van der Waals surface area contributed by atoms with Crippen LogP contribution in [0.5, 0.6) is 0 Å². The number of primary amides is 1. The lowest BCUT2D eigenvalue weighted by molar-refractivity contribution is 0.100. The van der Waals surface area contributed by atoms with Gasteiger partial charge in [-0.3, -0.25) is 14.8 Å². The van der Waals surface area contributed by atoms with Crippen molar-refractivity contribution in [2.24, 2.45) is 5.73 Å². The molecule has 1 atom stereocenters. The monoisotopic (exact) mass is 356 g/mol.